The second-order valence-electron chi connectivity index (χ2n) is 6.42. The number of aliphatic carboxylic acids is 1. The minimum absolute atomic E-state index is 0.310. The topological polar surface area (TPSA) is 89.8 Å². The molecule has 0 spiro atoms. The molecule has 0 saturated heterocycles. The van der Waals surface area contributed by atoms with Crippen molar-refractivity contribution in [3.63, 3.8) is 0 Å². The Morgan fingerprint density at radius 2 is 1.83 bits per heavy atom. The van der Waals surface area contributed by atoms with Crippen molar-refractivity contribution in [2.45, 2.75) is 50.9 Å². The lowest BCUT2D eigenvalue weighted by Crippen LogP contribution is -2.32. The highest BCUT2D eigenvalue weighted by Crippen LogP contribution is 2.22. The van der Waals surface area contributed by atoms with Crippen LogP contribution in [0.2, 0.25) is 6.32 Å². The van der Waals surface area contributed by atoms with Gasteiger partial charge in [0.1, 0.15) is 0 Å². The molecule has 0 amide bonds. The number of carbonyl (C=O) groups is 1. The van der Waals surface area contributed by atoms with E-state index in [2.05, 4.69) is 29.6 Å². The summed E-state index contributed by atoms with van der Waals surface area (Å²) < 4.78 is 0. The van der Waals surface area contributed by atoms with Gasteiger partial charge in [-0.15, -0.1) is 0 Å². The van der Waals surface area contributed by atoms with Crippen LogP contribution in [0.25, 0.3) is 0 Å². The summed E-state index contributed by atoms with van der Waals surface area (Å²) in [6.45, 7) is 0.707. The standard InChI is InChI=1S/C17H26BNO4/c20-17(21)13(5-3-4-9-18(22)23)8-10-19-16-11-14-6-1-2-7-15(14)12-16/h1-2,6-7,13,16,19,22-23H,3-5,8-12H2,(H,20,21). The molecule has 2 rings (SSSR count). The van der Waals surface area contributed by atoms with E-state index in [9.17, 15) is 9.90 Å². The Kier molecular flexibility index (Phi) is 7.08. The summed E-state index contributed by atoms with van der Waals surface area (Å²) in [6.07, 6.45) is 4.91. The number of benzene rings is 1. The first-order chi connectivity index (χ1) is 11.1. The van der Waals surface area contributed by atoms with Gasteiger partial charge in [0, 0.05) is 6.04 Å². The number of rotatable bonds is 10. The van der Waals surface area contributed by atoms with Crippen LogP contribution in [0, 0.1) is 5.92 Å². The van der Waals surface area contributed by atoms with E-state index >= 15 is 0 Å². The van der Waals surface area contributed by atoms with E-state index in [0.717, 1.165) is 12.8 Å². The molecule has 0 aliphatic heterocycles. The van der Waals surface area contributed by atoms with Crippen molar-refractivity contribution in [1.29, 1.82) is 0 Å². The molecule has 6 heteroatoms. The third-order valence-corrected chi connectivity index (χ3v) is 4.59. The maximum atomic E-state index is 11.3. The summed E-state index contributed by atoms with van der Waals surface area (Å²) in [5.41, 5.74) is 2.78. The summed E-state index contributed by atoms with van der Waals surface area (Å²) in [5.74, 6) is -1.12. The van der Waals surface area contributed by atoms with Gasteiger partial charge in [-0.1, -0.05) is 37.1 Å². The molecule has 5 nitrogen and oxygen atoms in total. The Labute approximate surface area is 137 Å². The first kappa shape index (κ1) is 18.0. The molecule has 23 heavy (non-hydrogen) atoms. The highest BCUT2D eigenvalue weighted by Gasteiger charge is 2.22. The number of hydrogen-bond acceptors (Lipinski definition) is 4. The van der Waals surface area contributed by atoms with Gasteiger partial charge in [0.2, 0.25) is 0 Å². The van der Waals surface area contributed by atoms with Gasteiger partial charge in [-0.25, -0.2) is 0 Å². The number of hydrogen-bond donors (Lipinski definition) is 4. The van der Waals surface area contributed by atoms with Gasteiger partial charge in [0.15, 0.2) is 0 Å². The van der Waals surface area contributed by atoms with Crippen LogP contribution < -0.4 is 5.32 Å². The molecular weight excluding hydrogens is 293 g/mol. The van der Waals surface area contributed by atoms with Crippen LogP contribution in [0.3, 0.4) is 0 Å². The van der Waals surface area contributed by atoms with Crippen molar-refractivity contribution in [1.82, 2.24) is 5.32 Å². The Balaban J connectivity index is 1.66. The zero-order valence-electron chi connectivity index (χ0n) is 13.4. The van der Waals surface area contributed by atoms with Crippen LogP contribution in [0.1, 0.15) is 36.8 Å². The minimum atomic E-state index is -1.29. The van der Waals surface area contributed by atoms with Crippen molar-refractivity contribution >= 4 is 13.1 Å². The highest BCUT2D eigenvalue weighted by atomic mass is 16.4. The lowest BCUT2D eigenvalue weighted by molar-refractivity contribution is -0.142. The van der Waals surface area contributed by atoms with Gasteiger partial charge < -0.3 is 20.5 Å². The van der Waals surface area contributed by atoms with Crippen molar-refractivity contribution in [2.75, 3.05) is 6.54 Å². The molecule has 0 fully saturated rings. The number of carboxylic acids is 1. The third-order valence-electron chi connectivity index (χ3n) is 4.59. The van der Waals surface area contributed by atoms with Crippen molar-refractivity contribution in [3.05, 3.63) is 35.4 Å². The Hall–Kier alpha value is -1.37. The number of fused-ring (bicyclic) bond motifs is 1. The zero-order valence-corrected chi connectivity index (χ0v) is 13.4. The quantitative estimate of drug-likeness (QED) is 0.387. The SMILES string of the molecule is O=C(O)C(CCCCB(O)O)CCNC1Cc2ccccc2C1. The fraction of sp³-hybridized carbons (Fsp3) is 0.588. The van der Waals surface area contributed by atoms with E-state index in [0.29, 0.717) is 44.6 Å². The summed E-state index contributed by atoms with van der Waals surface area (Å²) in [6, 6.07) is 8.85. The zero-order chi connectivity index (χ0) is 16.7. The van der Waals surface area contributed by atoms with E-state index < -0.39 is 13.1 Å². The van der Waals surface area contributed by atoms with Crippen molar-refractivity contribution < 1.29 is 19.9 Å². The molecule has 1 aliphatic rings. The third kappa shape index (κ3) is 5.97. The molecule has 126 valence electrons. The van der Waals surface area contributed by atoms with Gasteiger partial charge >= 0.3 is 13.1 Å². The summed E-state index contributed by atoms with van der Waals surface area (Å²) in [4.78, 5) is 11.3. The van der Waals surface area contributed by atoms with Crippen LogP contribution in [-0.4, -0.2) is 40.8 Å². The maximum Gasteiger partial charge on any atom is 0.451 e. The lowest BCUT2D eigenvalue weighted by Gasteiger charge is -2.16. The maximum absolute atomic E-state index is 11.3. The normalized spacial score (nSPS) is 15.4. The first-order valence-corrected chi connectivity index (χ1v) is 8.45. The predicted molar refractivity (Wildman–Crippen MR) is 90.2 cm³/mol. The molecule has 1 aromatic carbocycles. The number of carboxylic acid groups (broad SMARTS) is 1. The van der Waals surface area contributed by atoms with E-state index in [1.807, 2.05) is 0 Å². The van der Waals surface area contributed by atoms with Crippen molar-refractivity contribution in [3.8, 4) is 0 Å². The Morgan fingerprint density at radius 3 is 2.39 bits per heavy atom. The fourth-order valence-electron chi connectivity index (χ4n) is 3.27. The molecule has 0 aromatic heterocycles. The van der Waals surface area contributed by atoms with Crippen LogP contribution in [0.15, 0.2) is 24.3 Å². The van der Waals surface area contributed by atoms with Gasteiger partial charge in [-0.2, -0.15) is 0 Å². The molecular formula is C17H26BNO4. The molecule has 1 aromatic rings. The van der Waals surface area contributed by atoms with Crippen LogP contribution in [0.4, 0.5) is 0 Å². The Bertz CT molecular complexity index is 484. The van der Waals surface area contributed by atoms with Gasteiger partial charge in [-0.05, 0) is 49.7 Å². The molecule has 1 unspecified atom stereocenters. The predicted octanol–water partition coefficient (Wildman–Crippen LogP) is 1.48. The molecule has 0 radical (unpaired) electrons. The lowest BCUT2D eigenvalue weighted by atomic mass is 9.82. The average molecular weight is 319 g/mol. The summed E-state index contributed by atoms with van der Waals surface area (Å²) in [5, 5.41) is 30.4. The molecule has 0 bridgehead atoms. The minimum Gasteiger partial charge on any atom is -0.481 e. The summed E-state index contributed by atoms with van der Waals surface area (Å²) >= 11 is 0. The van der Waals surface area contributed by atoms with Crippen LogP contribution in [0.5, 0.6) is 0 Å². The van der Waals surface area contributed by atoms with Gasteiger partial charge in [0.25, 0.3) is 0 Å². The molecule has 1 aliphatic carbocycles. The molecule has 1 atom stereocenters. The van der Waals surface area contributed by atoms with E-state index in [1.54, 1.807) is 0 Å². The molecule has 0 heterocycles. The number of unbranched alkanes of at least 4 members (excludes halogenated alkanes) is 1. The Morgan fingerprint density at radius 1 is 1.17 bits per heavy atom. The van der Waals surface area contributed by atoms with Crippen LogP contribution in [-0.2, 0) is 17.6 Å². The second-order valence-corrected chi connectivity index (χ2v) is 6.42. The second kappa shape index (κ2) is 9.06. The average Bonchev–Trinajstić information content (AvgIpc) is 2.91. The fourth-order valence-corrected chi connectivity index (χ4v) is 3.27. The first-order valence-electron chi connectivity index (χ1n) is 8.45. The van der Waals surface area contributed by atoms with E-state index in [1.165, 1.54) is 11.1 Å². The molecule has 0 saturated carbocycles. The van der Waals surface area contributed by atoms with E-state index in [-0.39, 0.29) is 5.92 Å². The van der Waals surface area contributed by atoms with E-state index in [4.69, 9.17) is 10.0 Å². The molecule has 4 N–H and O–H groups in total. The number of nitrogens with one attached hydrogen (secondary N) is 1. The summed E-state index contributed by atoms with van der Waals surface area (Å²) in [7, 11) is -1.29. The van der Waals surface area contributed by atoms with Crippen LogP contribution >= 0.6 is 0 Å². The van der Waals surface area contributed by atoms with Crippen molar-refractivity contribution in [2.24, 2.45) is 5.92 Å². The van der Waals surface area contributed by atoms with Gasteiger partial charge in [0.05, 0.1) is 5.92 Å². The highest BCUT2D eigenvalue weighted by molar-refractivity contribution is 6.40. The smallest absolute Gasteiger partial charge is 0.451 e. The monoisotopic (exact) mass is 319 g/mol. The van der Waals surface area contributed by atoms with Gasteiger partial charge in [-0.3, -0.25) is 4.79 Å². The largest absolute Gasteiger partial charge is 0.481 e.